The zero-order chi connectivity index (χ0) is 15.3. The van der Waals surface area contributed by atoms with Crippen LogP contribution < -0.4 is 14.0 Å². The summed E-state index contributed by atoms with van der Waals surface area (Å²) >= 11 is 6.97. The molecule has 0 saturated carbocycles. The van der Waals surface area contributed by atoms with Gasteiger partial charge in [0, 0.05) is 11.0 Å². The fourth-order valence-corrected chi connectivity index (χ4v) is 4.97. The smallest absolute Gasteiger partial charge is 0.398 e. The van der Waals surface area contributed by atoms with Crippen LogP contribution in [0.25, 0.3) is 0 Å². The van der Waals surface area contributed by atoms with Gasteiger partial charge in [0.2, 0.25) is 0 Å². The second kappa shape index (κ2) is 7.12. The molecule has 7 heteroatoms. The van der Waals surface area contributed by atoms with E-state index in [1.54, 1.807) is 62.8 Å². The van der Waals surface area contributed by atoms with E-state index in [0.29, 0.717) is 22.1 Å². The van der Waals surface area contributed by atoms with Gasteiger partial charge in [0.1, 0.15) is 17.2 Å². The Hall–Kier alpha value is -1.29. The lowest BCUT2D eigenvalue weighted by molar-refractivity contribution is 0.412. The van der Waals surface area contributed by atoms with Gasteiger partial charge in [0.25, 0.3) is 0 Å². The van der Waals surface area contributed by atoms with Crippen LogP contribution in [0.3, 0.4) is 0 Å². The molecule has 0 saturated heterocycles. The van der Waals surface area contributed by atoms with Gasteiger partial charge in [-0.1, -0.05) is 12.1 Å². The molecule has 0 radical (unpaired) electrons. The average molecular weight is 345 g/mol. The molecule has 0 bridgehead atoms. The molecule has 2 rings (SSSR count). The van der Waals surface area contributed by atoms with E-state index in [-0.39, 0.29) is 0 Å². The summed E-state index contributed by atoms with van der Waals surface area (Å²) in [6.45, 7) is 0. The molecule has 0 N–H and O–H groups in total. The first-order chi connectivity index (χ1) is 10.0. The van der Waals surface area contributed by atoms with E-state index in [1.807, 2.05) is 0 Å². The lowest BCUT2D eigenvalue weighted by atomic mass is 10.3. The molecule has 2 aromatic carbocycles. The van der Waals surface area contributed by atoms with E-state index < -0.39 is 5.92 Å². The summed E-state index contributed by atoms with van der Waals surface area (Å²) in [6.07, 6.45) is 0. The third kappa shape index (κ3) is 4.88. The zero-order valence-electron chi connectivity index (χ0n) is 11.5. The van der Waals surface area contributed by atoms with Gasteiger partial charge in [-0.2, -0.15) is 0 Å². The van der Waals surface area contributed by atoms with E-state index in [2.05, 4.69) is 0 Å². The highest BCUT2D eigenvalue weighted by Gasteiger charge is 2.24. The van der Waals surface area contributed by atoms with Crippen molar-refractivity contribution < 1.29 is 18.6 Å². The summed E-state index contributed by atoms with van der Waals surface area (Å²) in [4.78, 5) is 0.704. The lowest BCUT2D eigenvalue weighted by Crippen LogP contribution is -1.87. The Morgan fingerprint density at radius 3 is 2.19 bits per heavy atom. The average Bonchev–Trinajstić information content (AvgIpc) is 2.46. The number of hydrogen-bond donors (Lipinski definition) is 0. The van der Waals surface area contributed by atoms with Crippen molar-refractivity contribution >= 4 is 28.5 Å². The summed E-state index contributed by atoms with van der Waals surface area (Å²) in [6, 6.07) is 13.9. The number of rotatable bonds is 6. The number of benzene rings is 2. The van der Waals surface area contributed by atoms with Crippen molar-refractivity contribution in [2.45, 2.75) is 4.90 Å². The molecule has 0 aliphatic heterocycles. The molecule has 0 aliphatic carbocycles. The minimum atomic E-state index is -3.42. The second-order valence-corrected chi connectivity index (χ2v) is 9.60. The molecule has 1 atom stereocenters. The van der Waals surface area contributed by atoms with Crippen LogP contribution in [0.4, 0.5) is 0 Å². The molecule has 0 spiro atoms. The van der Waals surface area contributed by atoms with Crippen LogP contribution in [0.2, 0.25) is 0 Å². The summed E-state index contributed by atoms with van der Waals surface area (Å²) in [7, 11) is 3.11. The fraction of sp³-hybridized carbons (Fsp3) is 0.143. The van der Waals surface area contributed by atoms with E-state index >= 15 is 0 Å². The first-order valence-corrected chi connectivity index (χ1v) is 9.94. The highest BCUT2D eigenvalue weighted by Crippen LogP contribution is 2.66. The van der Waals surface area contributed by atoms with Crippen LogP contribution >= 0.6 is 28.5 Å². The van der Waals surface area contributed by atoms with Gasteiger partial charge < -0.3 is 14.0 Å². The Morgan fingerprint density at radius 2 is 1.52 bits per heavy atom. The van der Waals surface area contributed by atoms with Gasteiger partial charge in [0.15, 0.2) is 0 Å². The van der Waals surface area contributed by atoms with E-state index in [0.717, 1.165) is 11.4 Å². The predicted molar refractivity (Wildman–Crippen MR) is 85.9 cm³/mol. The standard InChI is InChI=1S/C14H14ClO4PS/c1-17-11-5-3-7-13(9-11)19-20(15,16)21-14-8-4-6-12(10-14)18-2/h3-10H,1-2H3. The molecular weight excluding hydrogens is 331 g/mol. The summed E-state index contributed by atoms with van der Waals surface area (Å²) < 4.78 is 28.0. The molecular formula is C14H14ClO4PS. The maximum Gasteiger partial charge on any atom is 0.398 e. The first kappa shape index (κ1) is 16.1. The molecule has 2 aromatic rings. The number of hydrogen-bond acceptors (Lipinski definition) is 5. The van der Waals surface area contributed by atoms with Crippen LogP contribution in [0.15, 0.2) is 53.4 Å². The van der Waals surface area contributed by atoms with Crippen molar-refractivity contribution in [1.82, 2.24) is 0 Å². The van der Waals surface area contributed by atoms with Crippen molar-refractivity contribution in [1.29, 1.82) is 0 Å². The van der Waals surface area contributed by atoms with Crippen LogP contribution in [0, 0.1) is 0 Å². The van der Waals surface area contributed by atoms with Gasteiger partial charge in [-0.25, -0.2) is 4.57 Å². The predicted octanol–water partition coefficient (Wildman–Crippen LogP) is 5.22. The Morgan fingerprint density at radius 1 is 0.952 bits per heavy atom. The highest BCUT2D eigenvalue weighted by molar-refractivity contribution is 8.63. The molecule has 21 heavy (non-hydrogen) atoms. The summed E-state index contributed by atoms with van der Waals surface area (Å²) in [5.74, 6) is -1.76. The molecule has 0 fully saturated rings. The maximum absolute atomic E-state index is 12.4. The SMILES string of the molecule is COc1cccc(OP(=O)(Cl)Sc2cccc(OC)c2)c1. The van der Waals surface area contributed by atoms with Gasteiger partial charge in [-0.05, 0) is 53.0 Å². The molecule has 0 heterocycles. The molecule has 1 unspecified atom stereocenters. The van der Waals surface area contributed by atoms with Gasteiger partial charge in [-0.15, -0.1) is 0 Å². The van der Waals surface area contributed by atoms with Crippen LogP contribution in [0.5, 0.6) is 17.2 Å². The fourth-order valence-electron chi connectivity index (χ4n) is 1.59. The Bertz CT molecular complexity index is 611. The number of halogens is 1. The van der Waals surface area contributed by atoms with Crippen molar-refractivity contribution in [3.05, 3.63) is 48.5 Å². The van der Waals surface area contributed by atoms with Crippen LogP contribution in [-0.2, 0) is 4.57 Å². The summed E-state index contributed by atoms with van der Waals surface area (Å²) in [5.41, 5.74) is 0. The lowest BCUT2D eigenvalue weighted by Gasteiger charge is -2.13. The minimum Gasteiger partial charge on any atom is -0.497 e. The second-order valence-electron chi connectivity index (χ2n) is 3.97. The quantitative estimate of drug-likeness (QED) is 0.672. The Labute approximate surface area is 132 Å². The molecule has 0 amide bonds. The topological polar surface area (TPSA) is 44.8 Å². The van der Waals surface area contributed by atoms with E-state index in [1.165, 1.54) is 0 Å². The number of ether oxygens (including phenoxy) is 2. The van der Waals surface area contributed by atoms with Crippen molar-refractivity contribution in [3.63, 3.8) is 0 Å². The highest BCUT2D eigenvalue weighted by atomic mass is 35.7. The maximum atomic E-state index is 12.4. The van der Waals surface area contributed by atoms with Crippen LogP contribution in [-0.4, -0.2) is 14.2 Å². The molecule has 4 nitrogen and oxygen atoms in total. The van der Waals surface area contributed by atoms with Gasteiger partial charge in [-0.3, -0.25) is 0 Å². The van der Waals surface area contributed by atoms with E-state index in [9.17, 15) is 4.57 Å². The van der Waals surface area contributed by atoms with Gasteiger partial charge in [0.05, 0.1) is 14.2 Å². The molecule has 0 aromatic heterocycles. The minimum absolute atomic E-state index is 0.392. The third-order valence-electron chi connectivity index (χ3n) is 2.51. The van der Waals surface area contributed by atoms with Crippen molar-refractivity contribution in [2.24, 2.45) is 0 Å². The normalized spacial score (nSPS) is 13.3. The third-order valence-corrected chi connectivity index (χ3v) is 5.96. The molecule has 112 valence electrons. The Balaban J connectivity index is 2.12. The molecule has 0 aliphatic rings. The Kier molecular flexibility index (Phi) is 5.45. The van der Waals surface area contributed by atoms with Crippen molar-refractivity contribution in [3.8, 4) is 17.2 Å². The monoisotopic (exact) mass is 344 g/mol. The zero-order valence-corrected chi connectivity index (χ0v) is 14.0. The number of methoxy groups -OCH3 is 2. The van der Waals surface area contributed by atoms with Crippen molar-refractivity contribution in [2.75, 3.05) is 14.2 Å². The van der Waals surface area contributed by atoms with Gasteiger partial charge >= 0.3 is 5.92 Å². The van der Waals surface area contributed by atoms with Crippen LogP contribution in [0.1, 0.15) is 0 Å². The largest absolute Gasteiger partial charge is 0.497 e. The first-order valence-electron chi connectivity index (χ1n) is 5.99. The van der Waals surface area contributed by atoms with E-state index in [4.69, 9.17) is 25.2 Å². The summed E-state index contributed by atoms with van der Waals surface area (Å²) in [5, 5.41) is 0.